The molecule has 0 amide bonds. The smallest absolute Gasteiger partial charge is 0.160 e. The summed E-state index contributed by atoms with van der Waals surface area (Å²) < 4.78 is 5.43. The molecular weight excluding hydrogens is 293 g/mol. The third kappa shape index (κ3) is 2.86. The predicted octanol–water partition coefficient (Wildman–Crippen LogP) is 4.41. The summed E-state index contributed by atoms with van der Waals surface area (Å²) in [5.41, 5.74) is 5.77. The molecule has 22 heavy (non-hydrogen) atoms. The van der Waals surface area contributed by atoms with E-state index in [2.05, 4.69) is 15.5 Å². The van der Waals surface area contributed by atoms with Crippen molar-refractivity contribution in [3.63, 3.8) is 0 Å². The number of anilines is 1. The van der Waals surface area contributed by atoms with Gasteiger partial charge in [0.25, 0.3) is 0 Å². The van der Waals surface area contributed by atoms with Gasteiger partial charge in [0.05, 0.1) is 9.47 Å². The quantitative estimate of drug-likeness (QED) is 0.618. The van der Waals surface area contributed by atoms with E-state index in [9.17, 15) is 4.79 Å². The molecule has 2 rings (SSSR count). The van der Waals surface area contributed by atoms with Gasteiger partial charge in [-0.15, -0.1) is 0 Å². The number of hydrogen-bond acceptors (Lipinski definition) is 3. The van der Waals surface area contributed by atoms with Crippen molar-refractivity contribution in [2.24, 2.45) is 0 Å². The van der Waals surface area contributed by atoms with Crippen LogP contribution in [0.3, 0.4) is 0 Å². The Hall–Kier alpha value is -1.86. The van der Waals surface area contributed by atoms with Gasteiger partial charge in [0.1, 0.15) is 5.75 Å². The van der Waals surface area contributed by atoms with E-state index in [-0.39, 0.29) is 5.78 Å². The summed E-state index contributed by atoms with van der Waals surface area (Å²) in [6.07, 6.45) is 0. The van der Waals surface area contributed by atoms with Gasteiger partial charge in [-0.1, -0.05) is 18.2 Å². The fraction of sp³-hybridized carbons (Fsp3) is 0.278. The van der Waals surface area contributed by atoms with Gasteiger partial charge in [0, 0.05) is 30.9 Å². The molecule has 0 bridgehead atoms. The molecule has 2 aromatic carbocycles. The molecule has 1 unspecified atom stereocenters. The number of hydrogen-bond donors (Lipinski definition) is 0. The lowest BCUT2D eigenvalue weighted by molar-refractivity contribution is 0.101. The molecule has 4 heteroatoms. The fourth-order valence-electron chi connectivity index (χ4n) is 2.93. The zero-order valence-corrected chi connectivity index (χ0v) is 14.9. The minimum Gasteiger partial charge on any atom is -0.480 e. The Balaban J connectivity index is 2.83. The van der Waals surface area contributed by atoms with Crippen LogP contribution in [0, 0.1) is 13.8 Å². The molecule has 116 valence electrons. The van der Waals surface area contributed by atoms with Crippen molar-refractivity contribution >= 4 is 20.9 Å². The van der Waals surface area contributed by atoms with Gasteiger partial charge < -0.3 is 9.42 Å². The summed E-state index contributed by atoms with van der Waals surface area (Å²) in [4.78, 5) is 14.3. The van der Waals surface area contributed by atoms with Crippen LogP contribution in [0.25, 0.3) is 11.1 Å². The van der Waals surface area contributed by atoms with Crippen LogP contribution in [-0.2, 0) is 0 Å². The lowest BCUT2D eigenvalue weighted by atomic mass is 9.89. The van der Waals surface area contributed by atoms with Gasteiger partial charge in [-0.25, -0.2) is 0 Å². The lowest BCUT2D eigenvalue weighted by Crippen LogP contribution is -2.13. The first kappa shape index (κ1) is 16.5. The minimum absolute atomic E-state index is 0.0640. The first-order valence-corrected chi connectivity index (χ1v) is 7.64. The number of Topliss-reactive ketones (excluding diaryl/α,β-unsaturated/α-hetero) is 1. The number of benzene rings is 2. The fourth-order valence-corrected chi connectivity index (χ4v) is 3.13. The molecule has 0 fully saturated rings. The monoisotopic (exact) mass is 315 g/mol. The summed E-state index contributed by atoms with van der Waals surface area (Å²) in [7, 11) is 6.25. The lowest BCUT2D eigenvalue weighted by Gasteiger charge is -2.21. The highest BCUT2D eigenvalue weighted by molar-refractivity contribution is 7.10. The summed E-state index contributed by atoms with van der Waals surface area (Å²) in [6, 6.07) is 9.95. The molecule has 0 aliphatic carbocycles. The van der Waals surface area contributed by atoms with Crippen LogP contribution < -0.4 is 9.42 Å². The third-order valence-corrected chi connectivity index (χ3v) is 4.16. The summed E-state index contributed by atoms with van der Waals surface area (Å²) in [5.74, 6) is 0.818. The van der Waals surface area contributed by atoms with Gasteiger partial charge in [-0.05, 0) is 49.6 Å². The molecule has 0 saturated heterocycles. The van der Waals surface area contributed by atoms with E-state index < -0.39 is 0 Å². The molecule has 0 N–H and O–H groups in total. The van der Waals surface area contributed by atoms with Gasteiger partial charge >= 0.3 is 0 Å². The molecule has 0 aliphatic rings. The van der Waals surface area contributed by atoms with E-state index in [1.54, 1.807) is 6.92 Å². The number of rotatable bonds is 4. The number of carbonyl (C=O) groups excluding carboxylic acids is 1. The molecule has 0 spiro atoms. The molecule has 0 aliphatic heterocycles. The average Bonchev–Trinajstić information content (AvgIpc) is 2.45. The first-order chi connectivity index (χ1) is 10.4. The van der Waals surface area contributed by atoms with E-state index in [1.807, 2.05) is 57.1 Å². The Morgan fingerprint density at radius 3 is 2.36 bits per heavy atom. The van der Waals surface area contributed by atoms with Crippen molar-refractivity contribution < 1.29 is 9.32 Å². The summed E-state index contributed by atoms with van der Waals surface area (Å²) in [5, 5.41) is 0. The second-order valence-corrected chi connectivity index (χ2v) is 5.88. The minimum atomic E-state index is 0.0640. The normalized spacial score (nSPS) is 10.5. The second-order valence-electron chi connectivity index (χ2n) is 5.65. The maximum Gasteiger partial charge on any atom is 0.160 e. The molecule has 0 saturated carbocycles. The van der Waals surface area contributed by atoms with Gasteiger partial charge in [-0.3, -0.25) is 4.79 Å². The molecule has 0 aromatic heterocycles. The van der Waals surface area contributed by atoms with Crippen LogP contribution in [0.4, 0.5) is 5.69 Å². The molecule has 3 nitrogen and oxygen atoms in total. The zero-order chi connectivity index (χ0) is 16.4. The maximum absolute atomic E-state index is 12.3. The Labute approximate surface area is 134 Å². The Kier molecular flexibility index (Phi) is 4.87. The average molecular weight is 315 g/mol. The topological polar surface area (TPSA) is 29.5 Å². The van der Waals surface area contributed by atoms with Gasteiger partial charge in [-0.2, -0.15) is 0 Å². The number of ketones is 1. The summed E-state index contributed by atoms with van der Waals surface area (Å²) in [6.45, 7) is 5.64. The van der Waals surface area contributed by atoms with Crippen molar-refractivity contribution in [3.05, 3.63) is 47.0 Å². The molecule has 0 heterocycles. The van der Waals surface area contributed by atoms with Crippen LogP contribution in [0.5, 0.6) is 5.75 Å². The van der Waals surface area contributed by atoms with E-state index >= 15 is 0 Å². The van der Waals surface area contributed by atoms with Crippen molar-refractivity contribution in [1.29, 1.82) is 0 Å². The number of carbonyl (C=O) groups is 1. The maximum atomic E-state index is 12.3. The third-order valence-electron chi connectivity index (χ3n) is 3.90. The van der Waals surface area contributed by atoms with E-state index in [4.69, 9.17) is 4.52 Å². The molecular formula is C18H22NO2P. The largest absolute Gasteiger partial charge is 0.480 e. The molecule has 0 radical (unpaired) electrons. The zero-order valence-electron chi connectivity index (χ0n) is 13.7. The predicted molar refractivity (Wildman–Crippen MR) is 96.0 cm³/mol. The Bertz CT molecular complexity index is 723. The Morgan fingerprint density at radius 2 is 1.82 bits per heavy atom. The highest BCUT2D eigenvalue weighted by Crippen LogP contribution is 2.39. The van der Waals surface area contributed by atoms with Crippen molar-refractivity contribution in [2.45, 2.75) is 20.8 Å². The van der Waals surface area contributed by atoms with Crippen molar-refractivity contribution in [1.82, 2.24) is 0 Å². The van der Waals surface area contributed by atoms with Gasteiger partial charge in [0.15, 0.2) is 5.78 Å². The van der Waals surface area contributed by atoms with Crippen LogP contribution >= 0.6 is 9.47 Å². The van der Waals surface area contributed by atoms with Crippen LogP contribution in [0.1, 0.15) is 28.4 Å². The van der Waals surface area contributed by atoms with E-state index in [1.165, 1.54) is 0 Å². The van der Waals surface area contributed by atoms with E-state index in [0.717, 1.165) is 39.3 Å². The van der Waals surface area contributed by atoms with Crippen LogP contribution in [-0.4, -0.2) is 19.9 Å². The van der Waals surface area contributed by atoms with Gasteiger partial charge in [0.2, 0.25) is 0 Å². The molecule has 1 atom stereocenters. The highest BCUT2D eigenvalue weighted by Gasteiger charge is 2.19. The second kappa shape index (κ2) is 6.50. The SMILES string of the molecule is CC(=O)c1c(-c2c(C)cccc2OP)ccc(N(C)C)c1C. The van der Waals surface area contributed by atoms with Crippen LogP contribution in [0.15, 0.2) is 30.3 Å². The Morgan fingerprint density at radius 1 is 1.14 bits per heavy atom. The van der Waals surface area contributed by atoms with Crippen molar-refractivity contribution in [2.75, 3.05) is 19.0 Å². The molecule has 2 aromatic rings. The number of nitrogens with zero attached hydrogens (tertiary/aromatic N) is 1. The highest BCUT2D eigenvalue weighted by atomic mass is 31.0. The number of aryl methyl sites for hydroxylation is 1. The standard InChI is InChI=1S/C18H22NO2P/c1-11-7-6-8-16(21-22)17(11)14-9-10-15(19(4)5)12(2)18(14)13(3)20/h6-10H,22H2,1-5H3. The van der Waals surface area contributed by atoms with E-state index in [0.29, 0.717) is 0 Å². The summed E-state index contributed by atoms with van der Waals surface area (Å²) >= 11 is 0. The first-order valence-electron chi connectivity index (χ1n) is 7.17. The van der Waals surface area contributed by atoms with Crippen LogP contribution in [0.2, 0.25) is 0 Å². The van der Waals surface area contributed by atoms with Crippen molar-refractivity contribution in [3.8, 4) is 16.9 Å².